The summed E-state index contributed by atoms with van der Waals surface area (Å²) in [6.45, 7) is 10.1. The van der Waals surface area contributed by atoms with Gasteiger partial charge in [-0.3, -0.25) is 4.79 Å². The Morgan fingerprint density at radius 2 is 1.58 bits per heavy atom. The Bertz CT molecular complexity index is 162. The van der Waals surface area contributed by atoms with Gasteiger partial charge in [0.15, 0.2) is 0 Å². The molecule has 0 fully saturated rings. The second-order valence-electron chi connectivity index (χ2n) is 3.38. The lowest BCUT2D eigenvalue weighted by molar-refractivity contribution is -0.117. The van der Waals surface area contributed by atoms with E-state index in [-0.39, 0.29) is 5.91 Å². The van der Waals surface area contributed by atoms with E-state index in [9.17, 15) is 4.79 Å². The van der Waals surface area contributed by atoms with E-state index in [0.29, 0.717) is 10.5 Å². The second-order valence-corrected chi connectivity index (χ2v) is 9.94. The van der Waals surface area contributed by atoms with Crippen LogP contribution < -0.4 is 4.72 Å². The highest BCUT2D eigenvalue weighted by Crippen LogP contribution is 2.59. The third kappa shape index (κ3) is 2.98. The average Bonchev–Trinajstić information content (AvgIpc) is 1.84. The first-order chi connectivity index (χ1) is 5.30. The summed E-state index contributed by atoms with van der Waals surface area (Å²) in [7, 11) is -1.16. The molecular weight excluding hydrogens is 238 g/mol. The molecule has 74 valence electrons. The maximum Gasteiger partial charge on any atom is 0.226 e. The summed E-state index contributed by atoms with van der Waals surface area (Å²) in [4.78, 5) is 10.9. The smallest absolute Gasteiger partial charge is 0.226 e. The molecule has 0 bridgehead atoms. The predicted octanol–water partition coefficient (Wildman–Crippen LogP) is 2.97. The molecule has 0 rings (SSSR count). The number of nitrogens with one attached hydrogen (secondary N) is 1. The minimum atomic E-state index is -1.16. The molecular formula is C8H18BrNOS. The molecule has 2 nitrogen and oxygen atoms in total. The van der Waals surface area contributed by atoms with Gasteiger partial charge < -0.3 is 4.72 Å². The average molecular weight is 256 g/mol. The first kappa shape index (κ1) is 12.3. The summed E-state index contributed by atoms with van der Waals surface area (Å²) in [5, 5.41) is 0.919. The first-order valence-electron chi connectivity index (χ1n) is 4.09. The van der Waals surface area contributed by atoms with Crippen LogP contribution in [0.1, 0.15) is 34.6 Å². The fourth-order valence-electron chi connectivity index (χ4n) is 1.00. The van der Waals surface area contributed by atoms with Crippen molar-refractivity contribution >= 4 is 29.4 Å². The quantitative estimate of drug-likeness (QED) is 0.826. The van der Waals surface area contributed by atoms with Gasteiger partial charge in [-0.15, -0.1) is 8.65 Å². The molecule has 0 aliphatic carbocycles. The van der Waals surface area contributed by atoms with Crippen molar-refractivity contribution in [2.75, 3.05) is 0 Å². The maximum absolute atomic E-state index is 10.9. The third-order valence-electron chi connectivity index (χ3n) is 1.67. The zero-order valence-electron chi connectivity index (χ0n) is 8.35. The molecule has 0 unspecified atom stereocenters. The summed E-state index contributed by atoms with van der Waals surface area (Å²) in [6.07, 6.45) is 0. The normalized spacial score (nSPS) is 13.7. The highest BCUT2D eigenvalue weighted by Gasteiger charge is 2.29. The van der Waals surface area contributed by atoms with Gasteiger partial charge in [-0.1, -0.05) is 27.7 Å². The van der Waals surface area contributed by atoms with Crippen LogP contribution in [0.3, 0.4) is 0 Å². The van der Waals surface area contributed by atoms with Gasteiger partial charge >= 0.3 is 0 Å². The van der Waals surface area contributed by atoms with Gasteiger partial charge in [0.2, 0.25) is 5.91 Å². The first-order valence-corrected chi connectivity index (χ1v) is 7.70. The molecule has 0 heterocycles. The maximum atomic E-state index is 10.9. The van der Waals surface area contributed by atoms with Crippen LogP contribution in [0.2, 0.25) is 0 Å². The minimum absolute atomic E-state index is 0.0456. The standard InChI is InChI=1S/C8H18BrNOS/c1-6(2)12(9,7(3)4)10-8(5)11/h6-7H,1-5H3,(H,10,11). The topological polar surface area (TPSA) is 29.1 Å². The predicted molar refractivity (Wildman–Crippen MR) is 60.6 cm³/mol. The zero-order valence-corrected chi connectivity index (χ0v) is 10.8. The molecule has 0 radical (unpaired) electrons. The molecule has 0 aromatic heterocycles. The summed E-state index contributed by atoms with van der Waals surface area (Å²) in [5.74, 6) is 0.0456. The van der Waals surface area contributed by atoms with Crippen LogP contribution in [0.15, 0.2) is 0 Å². The Morgan fingerprint density at radius 3 is 1.67 bits per heavy atom. The molecule has 4 heteroatoms. The van der Waals surface area contributed by atoms with E-state index in [1.165, 1.54) is 0 Å². The number of amides is 1. The number of hydrogen-bond acceptors (Lipinski definition) is 1. The Balaban J connectivity index is 4.51. The van der Waals surface area contributed by atoms with Crippen molar-refractivity contribution < 1.29 is 4.79 Å². The Morgan fingerprint density at radius 1 is 1.25 bits per heavy atom. The summed E-state index contributed by atoms with van der Waals surface area (Å²) >= 11 is 3.67. The van der Waals surface area contributed by atoms with E-state index in [1.54, 1.807) is 6.92 Å². The number of carbonyl (C=O) groups is 1. The third-order valence-corrected chi connectivity index (χ3v) is 9.99. The minimum Gasteiger partial charge on any atom is -0.309 e. The lowest BCUT2D eigenvalue weighted by atomic mass is 10.5. The van der Waals surface area contributed by atoms with Crippen LogP contribution in [0.5, 0.6) is 0 Å². The molecule has 1 amide bonds. The van der Waals surface area contributed by atoms with Crippen molar-refractivity contribution in [1.82, 2.24) is 4.72 Å². The van der Waals surface area contributed by atoms with Crippen molar-refractivity contribution in [1.29, 1.82) is 0 Å². The van der Waals surface area contributed by atoms with Crippen molar-refractivity contribution in [3.05, 3.63) is 0 Å². The number of rotatable bonds is 3. The molecule has 12 heavy (non-hydrogen) atoms. The molecule has 0 aromatic rings. The molecule has 0 aromatic carbocycles. The zero-order chi connectivity index (χ0) is 9.94. The van der Waals surface area contributed by atoms with E-state index >= 15 is 0 Å². The number of hydrogen-bond donors (Lipinski definition) is 1. The van der Waals surface area contributed by atoms with Gasteiger partial charge in [0.05, 0.1) is 0 Å². The van der Waals surface area contributed by atoms with E-state index in [4.69, 9.17) is 0 Å². The van der Waals surface area contributed by atoms with E-state index in [1.807, 2.05) is 0 Å². The van der Waals surface area contributed by atoms with Crippen molar-refractivity contribution in [2.45, 2.75) is 45.1 Å². The SMILES string of the molecule is CC(=O)NS(Br)(C(C)C)C(C)C. The largest absolute Gasteiger partial charge is 0.309 e. The highest BCUT2D eigenvalue weighted by molar-refractivity contribution is 9.58. The lowest BCUT2D eigenvalue weighted by Crippen LogP contribution is -2.32. The van der Waals surface area contributed by atoms with E-state index < -0.39 is 8.65 Å². The van der Waals surface area contributed by atoms with Gasteiger partial charge in [0, 0.05) is 17.4 Å². The summed E-state index contributed by atoms with van der Waals surface area (Å²) < 4.78 is 3.02. The van der Waals surface area contributed by atoms with Crippen LogP contribution >= 0.6 is 23.5 Å². The van der Waals surface area contributed by atoms with E-state index in [0.717, 1.165) is 0 Å². The van der Waals surface area contributed by atoms with Gasteiger partial charge in [0.1, 0.15) is 0 Å². The Labute approximate surface area is 84.1 Å². The Kier molecular flexibility index (Phi) is 4.62. The van der Waals surface area contributed by atoms with Crippen molar-refractivity contribution in [3.63, 3.8) is 0 Å². The fraction of sp³-hybridized carbons (Fsp3) is 0.875. The molecule has 0 aliphatic heterocycles. The van der Waals surface area contributed by atoms with Crippen molar-refractivity contribution in [2.24, 2.45) is 0 Å². The van der Waals surface area contributed by atoms with Crippen LogP contribution in [0.4, 0.5) is 0 Å². The van der Waals surface area contributed by atoms with Crippen LogP contribution in [0.25, 0.3) is 0 Å². The monoisotopic (exact) mass is 255 g/mol. The van der Waals surface area contributed by atoms with Gasteiger partial charge in [0.25, 0.3) is 0 Å². The van der Waals surface area contributed by atoms with Crippen LogP contribution in [-0.2, 0) is 4.79 Å². The van der Waals surface area contributed by atoms with Gasteiger partial charge in [-0.2, -0.15) is 0 Å². The molecule has 0 aliphatic rings. The number of halogens is 1. The highest BCUT2D eigenvalue weighted by atomic mass is 79.9. The fourth-order valence-corrected chi connectivity index (χ4v) is 3.68. The molecule has 0 saturated heterocycles. The van der Waals surface area contributed by atoms with Crippen LogP contribution in [0, 0.1) is 0 Å². The Hall–Kier alpha value is 0.300. The lowest BCUT2D eigenvalue weighted by Gasteiger charge is -2.41. The van der Waals surface area contributed by atoms with Crippen molar-refractivity contribution in [3.8, 4) is 0 Å². The second kappa shape index (κ2) is 4.51. The molecule has 1 N–H and O–H groups in total. The molecule has 0 spiro atoms. The van der Waals surface area contributed by atoms with E-state index in [2.05, 4.69) is 47.2 Å². The number of carbonyl (C=O) groups excluding carboxylic acids is 1. The molecule has 0 saturated carbocycles. The summed E-state index contributed by atoms with van der Waals surface area (Å²) in [6, 6.07) is 0. The van der Waals surface area contributed by atoms with Gasteiger partial charge in [-0.05, 0) is 14.8 Å². The summed E-state index contributed by atoms with van der Waals surface area (Å²) in [5.41, 5.74) is 0. The van der Waals surface area contributed by atoms with Gasteiger partial charge in [-0.25, -0.2) is 0 Å². The molecule has 0 atom stereocenters. The van der Waals surface area contributed by atoms with Crippen LogP contribution in [-0.4, -0.2) is 16.4 Å².